The number of hydrogen-bond donors (Lipinski definition) is 2. The summed E-state index contributed by atoms with van der Waals surface area (Å²) in [5, 5.41) is 12.2. The van der Waals surface area contributed by atoms with E-state index in [1.54, 1.807) is 12.1 Å². The molecule has 1 fully saturated rings. The summed E-state index contributed by atoms with van der Waals surface area (Å²) < 4.78 is 36.8. The molecule has 2 N–H and O–H groups in total. The van der Waals surface area contributed by atoms with E-state index in [1.165, 1.54) is 17.0 Å². The van der Waals surface area contributed by atoms with Crippen LogP contribution in [0.1, 0.15) is 16.8 Å². The molecule has 0 radical (unpaired) electrons. The molecule has 7 heteroatoms. The van der Waals surface area contributed by atoms with Crippen LogP contribution in [0.25, 0.3) is 0 Å². The lowest BCUT2D eigenvalue weighted by Crippen LogP contribution is -2.34. The second-order valence-electron chi connectivity index (χ2n) is 5.23. The fraction of sp³-hybridized carbons (Fsp3) is 0.500. The van der Waals surface area contributed by atoms with Gasteiger partial charge < -0.3 is 10.4 Å². The van der Waals surface area contributed by atoms with Crippen molar-refractivity contribution in [3.63, 3.8) is 0 Å². The van der Waals surface area contributed by atoms with Crippen molar-refractivity contribution in [3.8, 4) is 5.75 Å². The van der Waals surface area contributed by atoms with Gasteiger partial charge >= 0.3 is 6.18 Å². The van der Waals surface area contributed by atoms with Crippen molar-refractivity contribution in [2.45, 2.75) is 12.6 Å². The number of para-hydroxylation sites is 1. The zero-order valence-corrected chi connectivity index (χ0v) is 11.4. The van der Waals surface area contributed by atoms with Crippen LogP contribution in [0.5, 0.6) is 5.75 Å². The van der Waals surface area contributed by atoms with Crippen LogP contribution in [0.4, 0.5) is 13.2 Å². The van der Waals surface area contributed by atoms with Crippen molar-refractivity contribution in [1.29, 1.82) is 0 Å². The standard InChI is InChI=1S/C14H17F3N2O2/c15-14(16,17)9-19-6-5-10(8-19)7-18-13(21)11-3-1-2-4-12(11)20/h1-4,10,20H,5-9H2,(H,18,21). The van der Waals surface area contributed by atoms with Crippen molar-refractivity contribution in [2.75, 3.05) is 26.2 Å². The molecule has 4 nitrogen and oxygen atoms in total. The van der Waals surface area contributed by atoms with Gasteiger partial charge in [-0.1, -0.05) is 12.1 Å². The van der Waals surface area contributed by atoms with Crippen molar-refractivity contribution in [3.05, 3.63) is 29.8 Å². The molecule has 1 unspecified atom stereocenters. The van der Waals surface area contributed by atoms with Crippen LogP contribution >= 0.6 is 0 Å². The summed E-state index contributed by atoms with van der Waals surface area (Å²) in [5.41, 5.74) is 0.169. The van der Waals surface area contributed by atoms with E-state index in [0.29, 0.717) is 26.1 Å². The Morgan fingerprint density at radius 2 is 2.10 bits per heavy atom. The van der Waals surface area contributed by atoms with Crippen molar-refractivity contribution in [1.82, 2.24) is 10.2 Å². The molecule has 0 spiro atoms. The van der Waals surface area contributed by atoms with Gasteiger partial charge in [0.15, 0.2) is 0 Å². The number of nitrogens with zero attached hydrogens (tertiary/aromatic N) is 1. The lowest BCUT2D eigenvalue weighted by Gasteiger charge is -2.18. The highest BCUT2D eigenvalue weighted by atomic mass is 19.4. The van der Waals surface area contributed by atoms with Gasteiger partial charge in [0, 0.05) is 13.1 Å². The molecule has 1 heterocycles. The van der Waals surface area contributed by atoms with Gasteiger partial charge in [0.05, 0.1) is 12.1 Å². The van der Waals surface area contributed by atoms with Crippen molar-refractivity contribution >= 4 is 5.91 Å². The summed E-state index contributed by atoms with van der Waals surface area (Å²) in [6.07, 6.45) is -3.56. The number of hydrogen-bond acceptors (Lipinski definition) is 3. The maximum absolute atomic E-state index is 12.3. The summed E-state index contributed by atoms with van der Waals surface area (Å²) in [5.74, 6) is -0.523. The Morgan fingerprint density at radius 1 is 1.38 bits per heavy atom. The van der Waals surface area contributed by atoms with E-state index in [0.717, 1.165) is 0 Å². The van der Waals surface area contributed by atoms with Crippen LogP contribution in [0.15, 0.2) is 24.3 Å². The third-order valence-electron chi connectivity index (χ3n) is 3.47. The number of aromatic hydroxyl groups is 1. The zero-order valence-electron chi connectivity index (χ0n) is 11.4. The number of rotatable bonds is 4. The molecule has 0 bridgehead atoms. The Balaban J connectivity index is 1.80. The summed E-state index contributed by atoms with van der Waals surface area (Å²) >= 11 is 0. The number of halogens is 3. The van der Waals surface area contributed by atoms with Gasteiger partial charge in [-0.2, -0.15) is 13.2 Å². The predicted molar refractivity (Wildman–Crippen MR) is 71.0 cm³/mol. The topological polar surface area (TPSA) is 52.6 Å². The first-order valence-corrected chi connectivity index (χ1v) is 6.70. The highest BCUT2D eigenvalue weighted by Gasteiger charge is 2.34. The minimum Gasteiger partial charge on any atom is -0.507 e. The fourth-order valence-electron chi connectivity index (χ4n) is 2.47. The van der Waals surface area contributed by atoms with E-state index in [4.69, 9.17) is 0 Å². The largest absolute Gasteiger partial charge is 0.507 e. The molecule has 2 rings (SSSR count). The minimum absolute atomic E-state index is 0.00200. The highest BCUT2D eigenvalue weighted by molar-refractivity contribution is 5.96. The van der Waals surface area contributed by atoms with Gasteiger partial charge in [-0.15, -0.1) is 0 Å². The van der Waals surface area contributed by atoms with Gasteiger partial charge in [-0.25, -0.2) is 0 Å². The molecule has 1 aromatic carbocycles. The van der Waals surface area contributed by atoms with Crippen LogP contribution in [0, 0.1) is 5.92 Å². The van der Waals surface area contributed by atoms with Crippen LogP contribution in [-0.2, 0) is 0 Å². The number of carbonyl (C=O) groups excluding carboxylic acids is 1. The first-order chi connectivity index (χ1) is 9.85. The minimum atomic E-state index is -4.19. The van der Waals surface area contributed by atoms with Gasteiger partial charge in [0.25, 0.3) is 5.91 Å². The molecule has 116 valence electrons. The smallest absolute Gasteiger partial charge is 0.401 e. The molecule has 1 atom stereocenters. The van der Waals surface area contributed by atoms with Crippen molar-refractivity contribution in [2.24, 2.45) is 5.92 Å². The number of phenols is 1. The van der Waals surface area contributed by atoms with E-state index >= 15 is 0 Å². The first kappa shape index (κ1) is 15.6. The first-order valence-electron chi connectivity index (χ1n) is 6.70. The van der Waals surface area contributed by atoms with E-state index in [9.17, 15) is 23.1 Å². The molecule has 1 aromatic rings. The second-order valence-corrected chi connectivity index (χ2v) is 5.23. The molecule has 0 aliphatic carbocycles. The van der Waals surface area contributed by atoms with Gasteiger partial charge in [-0.05, 0) is 31.0 Å². The molecule has 1 saturated heterocycles. The molecule has 21 heavy (non-hydrogen) atoms. The lowest BCUT2D eigenvalue weighted by molar-refractivity contribution is -0.143. The number of nitrogens with one attached hydrogen (secondary N) is 1. The number of likely N-dealkylation sites (tertiary alicyclic amines) is 1. The highest BCUT2D eigenvalue weighted by Crippen LogP contribution is 2.22. The number of carbonyl (C=O) groups is 1. The summed E-state index contributed by atoms with van der Waals surface area (Å²) in [6, 6.07) is 6.15. The van der Waals surface area contributed by atoms with E-state index in [2.05, 4.69) is 5.32 Å². The third-order valence-corrected chi connectivity index (χ3v) is 3.47. The third kappa shape index (κ3) is 4.63. The Bertz CT molecular complexity index is 505. The van der Waals surface area contributed by atoms with E-state index < -0.39 is 18.6 Å². The number of phenolic OH excluding ortho intramolecular Hbond substituents is 1. The normalized spacial score (nSPS) is 19.7. The molecule has 0 saturated carbocycles. The monoisotopic (exact) mass is 302 g/mol. The van der Waals surface area contributed by atoms with E-state index in [1.807, 2.05) is 0 Å². The van der Waals surface area contributed by atoms with Gasteiger partial charge in [0.1, 0.15) is 5.75 Å². The molecule has 1 amide bonds. The molecule has 1 aliphatic rings. The maximum atomic E-state index is 12.3. The molecular formula is C14H17F3N2O2. The maximum Gasteiger partial charge on any atom is 0.401 e. The number of amides is 1. The van der Waals surface area contributed by atoms with Crippen LogP contribution in [-0.4, -0.2) is 48.3 Å². The summed E-state index contributed by atoms with van der Waals surface area (Å²) in [4.78, 5) is 13.2. The average molecular weight is 302 g/mol. The quantitative estimate of drug-likeness (QED) is 0.894. The number of alkyl halides is 3. The van der Waals surface area contributed by atoms with Crippen molar-refractivity contribution < 1.29 is 23.1 Å². The van der Waals surface area contributed by atoms with Gasteiger partial charge in [0.2, 0.25) is 0 Å². The van der Waals surface area contributed by atoms with Crippen LogP contribution in [0.3, 0.4) is 0 Å². The fourth-order valence-corrected chi connectivity index (χ4v) is 2.47. The number of benzene rings is 1. The Labute approximate surface area is 120 Å². The average Bonchev–Trinajstić information content (AvgIpc) is 2.82. The Hall–Kier alpha value is -1.76. The second kappa shape index (κ2) is 6.34. The van der Waals surface area contributed by atoms with E-state index in [-0.39, 0.29) is 17.2 Å². The molecule has 1 aliphatic heterocycles. The molecule has 0 aromatic heterocycles. The SMILES string of the molecule is O=C(NCC1CCN(CC(F)(F)F)C1)c1ccccc1O. The zero-order chi connectivity index (χ0) is 15.5. The van der Waals surface area contributed by atoms with Crippen LogP contribution < -0.4 is 5.32 Å². The Kier molecular flexibility index (Phi) is 4.72. The Morgan fingerprint density at radius 3 is 2.76 bits per heavy atom. The molecular weight excluding hydrogens is 285 g/mol. The summed E-state index contributed by atoms with van der Waals surface area (Å²) in [6.45, 7) is 0.107. The van der Waals surface area contributed by atoms with Gasteiger partial charge in [-0.3, -0.25) is 9.69 Å². The van der Waals surface area contributed by atoms with Crippen LogP contribution in [0.2, 0.25) is 0 Å². The lowest BCUT2D eigenvalue weighted by atomic mass is 10.1. The summed E-state index contributed by atoms with van der Waals surface area (Å²) in [7, 11) is 0. The predicted octanol–water partition coefficient (Wildman–Crippen LogP) is 2.01.